The number of nitrogens with two attached hydrogens (primary N) is 1. The van der Waals surface area contributed by atoms with E-state index < -0.39 is 37.6 Å². The highest BCUT2D eigenvalue weighted by atomic mass is 31.2. The number of phosphoric acid groups is 1. The molecule has 0 aliphatic carbocycles. The average Bonchev–Trinajstić information content (AvgIpc) is 3.32. The van der Waals surface area contributed by atoms with Gasteiger partial charge in [0.05, 0.1) is 0 Å². The van der Waals surface area contributed by atoms with Gasteiger partial charge in [-0.1, -0.05) is 35.0 Å². The van der Waals surface area contributed by atoms with Crippen molar-refractivity contribution in [2.75, 3.05) is 0 Å². The van der Waals surface area contributed by atoms with E-state index >= 15 is 0 Å². The number of primary amides is 1. The van der Waals surface area contributed by atoms with Crippen molar-refractivity contribution in [1.82, 2.24) is 20.8 Å². The van der Waals surface area contributed by atoms with Crippen LogP contribution in [-0.2, 0) is 31.8 Å². The first-order valence-corrected chi connectivity index (χ1v) is 14.3. The fourth-order valence-electron chi connectivity index (χ4n) is 4.46. The van der Waals surface area contributed by atoms with Crippen LogP contribution in [-0.4, -0.2) is 43.7 Å². The summed E-state index contributed by atoms with van der Waals surface area (Å²) < 4.78 is 21.1. The van der Waals surface area contributed by atoms with E-state index in [1.807, 2.05) is 20.8 Å². The summed E-state index contributed by atoms with van der Waals surface area (Å²) in [4.78, 5) is 59.1. The zero-order chi connectivity index (χ0) is 30.3. The van der Waals surface area contributed by atoms with Gasteiger partial charge in [-0.05, 0) is 61.6 Å². The third-order valence-electron chi connectivity index (χ3n) is 6.23. The van der Waals surface area contributed by atoms with E-state index in [9.17, 15) is 18.9 Å². The van der Waals surface area contributed by atoms with Crippen molar-refractivity contribution in [3.05, 3.63) is 75.9 Å². The lowest BCUT2D eigenvalue weighted by molar-refractivity contribution is -0.128. The number of hydrogen-bond donors (Lipinski definition) is 5. The first-order chi connectivity index (χ1) is 19.2. The first-order valence-electron chi connectivity index (χ1n) is 12.8. The van der Waals surface area contributed by atoms with Crippen molar-refractivity contribution < 1.29 is 37.8 Å². The molecular formula is C27H34N5O8P. The van der Waals surface area contributed by atoms with E-state index in [1.165, 1.54) is 31.2 Å². The van der Waals surface area contributed by atoms with Gasteiger partial charge in [-0.15, -0.1) is 0 Å². The van der Waals surface area contributed by atoms with Crippen molar-refractivity contribution in [2.24, 2.45) is 5.73 Å². The number of amides is 3. The Kier molecular flexibility index (Phi) is 10.4. The summed E-state index contributed by atoms with van der Waals surface area (Å²) in [5.74, 6) is -1.16. The number of aryl methyl sites for hydroxylation is 3. The maximum atomic E-state index is 13.3. The van der Waals surface area contributed by atoms with Gasteiger partial charge in [-0.2, -0.15) is 4.98 Å². The summed E-state index contributed by atoms with van der Waals surface area (Å²) in [6.45, 7) is 7.30. The molecule has 41 heavy (non-hydrogen) atoms. The number of nitrogens with one attached hydrogen (secondary N) is 2. The van der Waals surface area contributed by atoms with Crippen LogP contribution in [0, 0.1) is 20.8 Å². The van der Waals surface area contributed by atoms with Gasteiger partial charge < -0.3 is 25.4 Å². The van der Waals surface area contributed by atoms with Crippen molar-refractivity contribution in [2.45, 2.75) is 65.5 Å². The van der Waals surface area contributed by atoms with E-state index in [2.05, 4.69) is 37.4 Å². The van der Waals surface area contributed by atoms with Gasteiger partial charge in [-0.25, -0.2) is 4.57 Å². The number of carbonyl (C=O) groups excluding carboxylic acids is 3. The molecule has 14 heteroatoms. The highest BCUT2D eigenvalue weighted by Crippen LogP contribution is 2.37. The number of carbonyl (C=O) groups is 3. The maximum absolute atomic E-state index is 13.3. The second-order valence-electron chi connectivity index (χ2n) is 9.85. The summed E-state index contributed by atoms with van der Waals surface area (Å²) in [6.07, 6.45) is 0.483. The molecule has 0 saturated carbocycles. The Morgan fingerprint density at radius 3 is 2.27 bits per heavy atom. The molecule has 1 heterocycles. The van der Waals surface area contributed by atoms with Crippen LogP contribution in [0.1, 0.15) is 65.3 Å². The molecule has 13 nitrogen and oxygen atoms in total. The summed E-state index contributed by atoms with van der Waals surface area (Å²) in [5.41, 5.74) is 10.3. The van der Waals surface area contributed by atoms with Crippen LogP contribution in [0.15, 0.2) is 40.9 Å². The molecule has 3 rings (SSSR count). The molecule has 0 unspecified atom stereocenters. The molecule has 2 atom stereocenters. The van der Waals surface area contributed by atoms with Crippen LogP contribution < -0.4 is 20.9 Å². The summed E-state index contributed by atoms with van der Waals surface area (Å²) in [7, 11) is -4.72. The van der Waals surface area contributed by atoms with Crippen LogP contribution in [0.4, 0.5) is 0 Å². The molecule has 0 spiro atoms. The van der Waals surface area contributed by atoms with E-state index in [4.69, 9.17) is 20.0 Å². The zero-order valence-corrected chi connectivity index (χ0v) is 24.1. The van der Waals surface area contributed by atoms with Gasteiger partial charge in [0.1, 0.15) is 17.8 Å². The number of phosphoric ester groups is 1. The van der Waals surface area contributed by atoms with Gasteiger partial charge in [0.25, 0.3) is 0 Å². The van der Waals surface area contributed by atoms with Crippen LogP contribution >= 0.6 is 7.82 Å². The molecule has 0 bridgehead atoms. The summed E-state index contributed by atoms with van der Waals surface area (Å²) >= 11 is 0. The van der Waals surface area contributed by atoms with Crippen LogP contribution in [0.3, 0.4) is 0 Å². The highest BCUT2D eigenvalue weighted by molar-refractivity contribution is 7.46. The van der Waals surface area contributed by atoms with Crippen LogP contribution in [0.25, 0.3) is 0 Å². The standard InChI is InChI=1S/C27H34N5O8P/c1-15-11-16(2)21(17(3)12-15)14-25-31-27(39-32-25)22(9-10-24(28)34)30-26(35)23(29-18(4)33)13-19-5-7-20(8-6-19)40-41(36,37)38/h5-8,11-12,22-23H,9-10,13-14H2,1-4H3,(H2,28,34)(H,29,33)(H,30,35)(H2,36,37,38)/t22-,23-/m0/s1. The molecule has 3 amide bonds. The molecule has 220 valence electrons. The smallest absolute Gasteiger partial charge is 0.404 e. The van der Waals surface area contributed by atoms with E-state index in [0.717, 1.165) is 22.3 Å². The Balaban J connectivity index is 1.79. The number of hydrogen-bond acceptors (Lipinski definition) is 8. The molecule has 6 N–H and O–H groups in total. The molecule has 0 aliphatic heterocycles. The summed E-state index contributed by atoms with van der Waals surface area (Å²) in [6, 6.07) is 7.95. The predicted molar refractivity (Wildman–Crippen MR) is 147 cm³/mol. The highest BCUT2D eigenvalue weighted by Gasteiger charge is 2.27. The number of rotatable bonds is 13. The second-order valence-corrected chi connectivity index (χ2v) is 11.0. The maximum Gasteiger partial charge on any atom is 0.524 e. The Morgan fingerprint density at radius 1 is 1.07 bits per heavy atom. The second kappa shape index (κ2) is 13.5. The normalized spacial score (nSPS) is 12.8. The molecular weight excluding hydrogens is 553 g/mol. The van der Waals surface area contributed by atoms with Crippen molar-refractivity contribution in [3.8, 4) is 5.75 Å². The Labute approximate surface area is 237 Å². The molecule has 0 fully saturated rings. The van der Waals surface area contributed by atoms with Gasteiger partial charge in [-0.3, -0.25) is 24.2 Å². The molecule has 2 aromatic carbocycles. The molecule has 1 aromatic heterocycles. The third kappa shape index (κ3) is 9.82. The van der Waals surface area contributed by atoms with Crippen molar-refractivity contribution in [1.29, 1.82) is 0 Å². The predicted octanol–water partition coefficient (Wildman–Crippen LogP) is 2.23. The Morgan fingerprint density at radius 2 is 1.71 bits per heavy atom. The lowest BCUT2D eigenvalue weighted by atomic mass is 9.97. The molecule has 3 aromatic rings. The topological polar surface area (TPSA) is 207 Å². The number of aromatic nitrogens is 2. The largest absolute Gasteiger partial charge is 0.524 e. The monoisotopic (exact) mass is 587 g/mol. The van der Waals surface area contributed by atoms with Gasteiger partial charge in [0, 0.05) is 26.2 Å². The Hall–Kier alpha value is -4.06. The molecule has 0 radical (unpaired) electrons. The fourth-order valence-corrected chi connectivity index (χ4v) is 4.85. The van der Waals surface area contributed by atoms with Crippen molar-refractivity contribution in [3.63, 3.8) is 0 Å². The fraction of sp³-hybridized carbons (Fsp3) is 0.370. The van der Waals surface area contributed by atoms with Crippen molar-refractivity contribution >= 4 is 25.5 Å². The zero-order valence-electron chi connectivity index (χ0n) is 23.2. The number of nitrogens with zero attached hydrogens (tertiary/aromatic N) is 2. The minimum atomic E-state index is -4.72. The number of benzene rings is 2. The quantitative estimate of drug-likeness (QED) is 0.184. The minimum Gasteiger partial charge on any atom is -0.404 e. The van der Waals surface area contributed by atoms with E-state index in [1.54, 1.807) is 0 Å². The third-order valence-corrected chi connectivity index (χ3v) is 6.68. The van der Waals surface area contributed by atoms with Gasteiger partial charge in [0.15, 0.2) is 5.82 Å². The lowest BCUT2D eigenvalue weighted by Crippen LogP contribution is -2.48. The SMILES string of the molecule is CC(=O)N[C@@H](Cc1ccc(OP(=O)(O)O)cc1)C(=O)N[C@@H](CCC(N)=O)c1nc(Cc2c(C)cc(C)cc2C)no1. The van der Waals surface area contributed by atoms with Gasteiger partial charge >= 0.3 is 7.82 Å². The van der Waals surface area contributed by atoms with Gasteiger partial charge in [0.2, 0.25) is 23.6 Å². The van der Waals surface area contributed by atoms with E-state index in [0.29, 0.717) is 17.8 Å². The van der Waals surface area contributed by atoms with Crippen LogP contribution in [0.5, 0.6) is 5.75 Å². The first kappa shape index (κ1) is 31.5. The summed E-state index contributed by atoms with van der Waals surface area (Å²) in [5, 5.41) is 9.45. The van der Waals surface area contributed by atoms with Crippen LogP contribution in [0.2, 0.25) is 0 Å². The lowest BCUT2D eigenvalue weighted by Gasteiger charge is -2.21. The molecule has 0 saturated heterocycles. The average molecular weight is 588 g/mol. The van der Waals surface area contributed by atoms with E-state index in [-0.39, 0.29) is 30.9 Å². The Bertz CT molecular complexity index is 1430. The minimum absolute atomic E-state index is 0.0468. The molecule has 0 aliphatic rings.